The van der Waals surface area contributed by atoms with E-state index < -0.39 is 22.8 Å². The minimum absolute atomic E-state index is 0.000224. The summed E-state index contributed by atoms with van der Waals surface area (Å²) in [7, 11) is 0. The maximum absolute atomic E-state index is 12.9. The fourth-order valence-electron chi connectivity index (χ4n) is 11.9. The molecule has 0 aliphatic heterocycles. The van der Waals surface area contributed by atoms with Gasteiger partial charge in [0, 0.05) is 19.3 Å². The molecule has 8 nitrogen and oxygen atoms in total. The molecule has 0 aromatic rings. The Morgan fingerprint density at radius 2 is 1.62 bits per heavy atom. The second kappa shape index (κ2) is 10.4. The lowest BCUT2D eigenvalue weighted by Gasteiger charge is -2.72. The average Bonchev–Trinajstić information content (AvgIpc) is 3.32. The largest absolute Gasteiger partial charge is 0.481 e. The number of aliphatic hydroxyl groups excluding tert-OH is 1. The summed E-state index contributed by atoms with van der Waals surface area (Å²) >= 11 is 0. The van der Waals surface area contributed by atoms with Crippen LogP contribution in [0.15, 0.2) is 17.3 Å². The van der Waals surface area contributed by atoms with Crippen molar-refractivity contribution in [1.82, 2.24) is 0 Å². The summed E-state index contributed by atoms with van der Waals surface area (Å²) in [5, 5.41) is 25.0. The molecule has 5 fully saturated rings. The number of fused-ring (bicyclic) bond motifs is 7. The molecule has 0 spiro atoms. The van der Waals surface area contributed by atoms with Crippen LogP contribution in [0.5, 0.6) is 0 Å². The van der Waals surface area contributed by atoms with E-state index >= 15 is 0 Å². The van der Waals surface area contributed by atoms with Crippen molar-refractivity contribution in [2.75, 3.05) is 13.2 Å². The van der Waals surface area contributed by atoms with E-state index in [9.17, 15) is 24.6 Å². The quantitative estimate of drug-likeness (QED) is 0.166. The van der Waals surface area contributed by atoms with Crippen LogP contribution in [0.25, 0.3) is 0 Å². The Bertz CT molecular complexity index is 1200. The van der Waals surface area contributed by atoms with Gasteiger partial charge in [-0.05, 0) is 116 Å². The molecule has 5 aliphatic rings. The highest BCUT2D eigenvalue weighted by Crippen LogP contribution is 2.77. The van der Waals surface area contributed by atoms with E-state index in [4.69, 9.17) is 9.57 Å². The standard InChI is InChI=1S/C34H51NO7/c1-20(18-36)23-10-15-34(29(39)40)17-16-32(6)24(28(23)34)8-9-26-30(4)13-12-27(35-42-22(3)38)31(5,19-41-21(2)37)25(30)11-14-33(26,32)7/h23-26,28,36H,1,8-19H2,2-7H3,(H,39,40)/b35-27-/t23-,24+,25+,26+,28+,30-,31-,32+,33+,34-/m0/s1. The summed E-state index contributed by atoms with van der Waals surface area (Å²) < 4.78 is 5.66. The van der Waals surface area contributed by atoms with Crippen molar-refractivity contribution in [2.24, 2.45) is 61.8 Å². The van der Waals surface area contributed by atoms with Crippen molar-refractivity contribution in [2.45, 2.75) is 106 Å². The normalized spacial score (nSPS) is 46.9. The number of carbonyl (C=O) groups is 3. The minimum Gasteiger partial charge on any atom is -0.481 e. The zero-order valence-corrected chi connectivity index (χ0v) is 26.5. The number of rotatable bonds is 6. The average molecular weight is 586 g/mol. The van der Waals surface area contributed by atoms with Gasteiger partial charge in [0.25, 0.3) is 0 Å². The number of hydrogen-bond acceptors (Lipinski definition) is 7. The monoisotopic (exact) mass is 585 g/mol. The van der Waals surface area contributed by atoms with E-state index in [1.54, 1.807) is 0 Å². The topological polar surface area (TPSA) is 122 Å². The van der Waals surface area contributed by atoms with E-state index in [0.29, 0.717) is 25.2 Å². The molecule has 0 aromatic heterocycles. The number of carboxylic acids is 1. The molecule has 0 amide bonds. The van der Waals surface area contributed by atoms with Gasteiger partial charge in [0.05, 0.1) is 17.7 Å². The number of ether oxygens (including phenoxy) is 1. The molecule has 234 valence electrons. The lowest BCUT2D eigenvalue weighted by atomic mass is 9.32. The highest BCUT2D eigenvalue weighted by atomic mass is 16.7. The third kappa shape index (κ3) is 4.24. The number of carbonyl (C=O) groups excluding carboxylic acids is 2. The van der Waals surface area contributed by atoms with Crippen molar-refractivity contribution in [1.29, 1.82) is 0 Å². The molecule has 42 heavy (non-hydrogen) atoms. The van der Waals surface area contributed by atoms with Crippen LogP contribution in [0.2, 0.25) is 0 Å². The van der Waals surface area contributed by atoms with Crippen LogP contribution in [0.1, 0.15) is 106 Å². The maximum Gasteiger partial charge on any atom is 0.331 e. The summed E-state index contributed by atoms with van der Waals surface area (Å²) in [6.45, 7) is 16.6. The van der Waals surface area contributed by atoms with E-state index in [1.807, 2.05) is 0 Å². The van der Waals surface area contributed by atoms with Crippen LogP contribution < -0.4 is 0 Å². The predicted octanol–water partition coefficient (Wildman–Crippen LogP) is 6.16. The van der Waals surface area contributed by atoms with Gasteiger partial charge >= 0.3 is 17.9 Å². The van der Waals surface area contributed by atoms with Gasteiger partial charge < -0.3 is 19.8 Å². The highest BCUT2D eigenvalue weighted by Gasteiger charge is 2.72. The first-order chi connectivity index (χ1) is 19.6. The zero-order valence-electron chi connectivity index (χ0n) is 26.5. The number of aliphatic carboxylic acids is 1. The van der Waals surface area contributed by atoms with Crippen LogP contribution >= 0.6 is 0 Å². The van der Waals surface area contributed by atoms with Gasteiger partial charge in [0.15, 0.2) is 0 Å². The first kappa shape index (κ1) is 31.2. The third-order valence-electron chi connectivity index (χ3n) is 14.0. The molecule has 0 radical (unpaired) electrons. The Balaban J connectivity index is 1.53. The summed E-state index contributed by atoms with van der Waals surface area (Å²) in [6.07, 6.45) is 8.57. The first-order valence-corrected chi connectivity index (χ1v) is 16.0. The van der Waals surface area contributed by atoms with Crippen molar-refractivity contribution >= 4 is 23.6 Å². The molecule has 2 N–H and O–H groups in total. The summed E-state index contributed by atoms with van der Waals surface area (Å²) in [5.41, 5.74) is 0.237. The number of nitrogens with zero attached hydrogens (tertiary/aromatic N) is 1. The van der Waals surface area contributed by atoms with Crippen LogP contribution in [-0.2, 0) is 24.0 Å². The van der Waals surface area contributed by atoms with Crippen LogP contribution in [-0.4, -0.2) is 47.0 Å². The zero-order chi connectivity index (χ0) is 30.9. The van der Waals surface area contributed by atoms with Crippen molar-refractivity contribution in [3.05, 3.63) is 12.2 Å². The van der Waals surface area contributed by atoms with Gasteiger partial charge in [-0.25, -0.2) is 4.79 Å². The molecule has 5 saturated carbocycles. The second-order valence-corrected chi connectivity index (χ2v) is 15.4. The van der Waals surface area contributed by atoms with Gasteiger partial charge in [0.1, 0.15) is 6.61 Å². The molecule has 8 heteroatoms. The van der Waals surface area contributed by atoms with Crippen molar-refractivity contribution in [3.8, 4) is 0 Å². The Morgan fingerprint density at radius 3 is 2.24 bits per heavy atom. The van der Waals surface area contributed by atoms with E-state index in [-0.39, 0.29) is 59.1 Å². The molecule has 10 atom stereocenters. The molecule has 0 heterocycles. The number of carboxylic acid groups (broad SMARTS) is 1. The summed E-state index contributed by atoms with van der Waals surface area (Å²) in [6, 6.07) is 0. The Hall–Kier alpha value is -2.22. The predicted molar refractivity (Wildman–Crippen MR) is 158 cm³/mol. The first-order valence-electron chi connectivity index (χ1n) is 16.0. The van der Waals surface area contributed by atoms with Crippen molar-refractivity contribution < 1.29 is 34.2 Å². The van der Waals surface area contributed by atoms with Gasteiger partial charge in [-0.2, -0.15) is 0 Å². The second-order valence-electron chi connectivity index (χ2n) is 15.4. The maximum atomic E-state index is 12.9. The number of hydrogen-bond donors (Lipinski definition) is 2. The molecule has 0 bridgehead atoms. The van der Waals surface area contributed by atoms with Crippen molar-refractivity contribution in [3.63, 3.8) is 0 Å². The molecule has 5 rings (SSSR count). The molecule has 5 aliphatic carbocycles. The van der Waals surface area contributed by atoms with Crippen LogP contribution in [0.3, 0.4) is 0 Å². The Morgan fingerprint density at radius 1 is 0.905 bits per heavy atom. The fourth-order valence-corrected chi connectivity index (χ4v) is 11.9. The lowest BCUT2D eigenvalue weighted by molar-refractivity contribution is -0.233. The molecule has 0 saturated heterocycles. The number of aliphatic hydroxyl groups is 1. The Labute approximate surface area is 250 Å². The molecular formula is C34H51NO7. The third-order valence-corrected chi connectivity index (χ3v) is 14.0. The van der Waals surface area contributed by atoms with Gasteiger partial charge in [-0.15, -0.1) is 0 Å². The van der Waals surface area contributed by atoms with Gasteiger partial charge in [-0.1, -0.05) is 39.4 Å². The van der Waals surface area contributed by atoms with E-state index in [0.717, 1.165) is 56.2 Å². The SMILES string of the molecule is C=C(CO)[C@@H]1CC[C@]2(C(=O)O)CC[C@]3(C)[C@H](CC[C@@H]4[C@@]5(C)CC/C(=N/OC(C)=O)[C@@](C)(COC(C)=O)[C@@H]5CC[C@]43C)[C@@H]12. The van der Waals surface area contributed by atoms with Crippen LogP contribution in [0.4, 0.5) is 0 Å². The number of oxime groups is 1. The minimum atomic E-state index is -0.729. The summed E-state index contributed by atoms with van der Waals surface area (Å²) in [5.74, 6) is -0.545. The van der Waals surface area contributed by atoms with Crippen LogP contribution in [0, 0.1) is 56.7 Å². The molecule has 0 aromatic carbocycles. The number of esters is 1. The fraction of sp³-hybridized carbons (Fsp3) is 0.824. The molecule has 0 unspecified atom stereocenters. The molecular weight excluding hydrogens is 534 g/mol. The van der Waals surface area contributed by atoms with Gasteiger partial charge in [0.2, 0.25) is 0 Å². The Kier molecular flexibility index (Phi) is 7.77. The summed E-state index contributed by atoms with van der Waals surface area (Å²) in [4.78, 5) is 41.7. The highest BCUT2D eigenvalue weighted by molar-refractivity contribution is 5.91. The smallest absolute Gasteiger partial charge is 0.331 e. The van der Waals surface area contributed by atoms with Gasteiger partial charge in [-0.3, -0.25) is 9.59 Å². The van der Waals surface area contributed by atoms with E-state index in [2.05, 4.69) is 39.4 Å². The lowest BCUT2D eigenvalue weighted by Crippen LogP contribution is -2.67. The van der Waals surface area contributed by atoms with E-state index in [1.165, 1.54) is 13.8 Å².